The summed E-state index contributed by atoms with van der Waals surface area (Å²) in [5.41, 5.74) is 3.82. The molecule has 0 radical (unpaired) electrons. The highest BCUT2D eigenvalue weighted by Crippen LogP contribution is 2.34. The molecular weight excluding hydrogens is 238 g/mol. The third-order valence-corrected chi connectivity index (χ3v) is 3.97. The number of nitrogens with one attached hydrogen (secondary N) is 1. The van der Waals surface area contributed by atoms with Crippen molar-refractivity contribution < 1.29 is 0 Å². The van der Waals surface area contributed by atoms with E-state index in [1.54, 1.807) is 6.33 Å². The molecule has 1 aromatic rings. The zero-order chi connectivity index (χ0) is 14.0. The van der Waals surface area contributed by atoms with E-state index in [2.05, 4.69) is 48.0 Å². The van der Waals surface area contributed by atoms with Crippen LogP contribution >= 0.6 is 0 Å². The van der Waals surface area contributed by atoms with Crippen molar-refractivity contribution in [2.24, 2.45) is 11.8 Å². The van der Waals surface area contributed by atoms with E-state index in [0.29, 0.717) is 17.9 Å². The quantitative estimate of drug-likeness (QED) is 0.648. The van der Waals surface area contributed by atoms with Gasteiger partial charge in [0.05, 0.1) is 0 Å². The van der Waals surface area contributed by atoms with E-state index in [-0.39, 0.29) is 0 Å². The van der Waals surface area contributed by atoms with Gasteiger partial charge in [0.25, 0.3) is 0 Å². The molecule has 106 valence electrons. The third kappa shape index (κ3) is 2.81. The second-order valence-corrected chi connectivity index (χ2v) is 5.94. The summed E-state index contributed by atoms with van der Waals surface area (Å²) in [6.07, 6.45) is 4.11. The van der Waals surface area contributed by atoms with Crippen LogP contribution in [-0.2, 0) is 0 Å². The topological polar surface area (TPSA) is 67.1 Å². The molecule has 5 nitrogen and oxygen atoms in total. The smallest absolute Gasteiger partial charge is 0.148 e. The number of nitrogens with zero attached hydrogens (tertiary/aromatic N) is 3. The average Bonchev–Trinajstić information content (AvgIpc) is 2.40. The van der Waals surface area contributed by atoms with Gasteiger partial charge in [0.15, 0.2) is 0 Å². The van der Waals surface area contributed by atoms with Crippen LogP contribution in [-0.4, -0.2) is 22.6 Å². The van der Waals surface area contributed by atoms with Crippen LogP contribution in [0.4, 0.5) is 11.6 Å². The molecule has 1 aromatic heterocycles. The Kier molecular flexibility index (Phi) is 4.24. The number of hydrogen-bond acceptors (Lipinski definition) is 5. The van der Waals surface area contributed by atoms with Crippen LogP contribution < -0.4 is 16.2 Å². The Bertz CT molecular complexity index is 432. The van der Waals surface area contributed by atoms with Gasteiger partial charge in [-0.25, -0.2) is 15.8 Å². The Morgan fingerprint density at radius 1 is 1.32 bits per heavy atom. The first-order valence-corrected chi connectivity index (χ1v) is 7.12. The predicted molar refractivity (Wildman–Crippen MR) is 79.1 cm³/mol. The molecule has 2 heterocycles. The van der Waals surface area contributed by atoms with Gasteiger partial charge in [-0.1, -0.05) is 20.8 Å². The molecule has 0 aliphatic carbocycles. The zero-order valence-corrected chi connectivity index (χ0v) is 12.3. The number of piperidine rings is 1. The first-order valence-electron chi connectivity index (χ1n) is 7.12. The van der Waals surface area contributed by atoms with Crippen molar-refractivity contribution in [3.05, 3.63) is 11.9 Å². The SMILES string of the molecule is CC1CCC(C)N(c2ncnc(NN)c2C(C)C)C1. The fourth-order valence-electron chi connectivity index (χ4n) is 2.85. The number of nitrogen functional groups attached to an aromatic ring is 1. The molecule has 19 heavy (non-hydrogen) atoms. The van der Waals surface area contributed by atoms with Crippen molar-refractivity contribution in [2.45, 2.75) is 52.5 Å². The maximum absolute atomic E-state index is 5.59. The van der Waals surface area contributed by atoms with E-state index in [9.17, 15) is 0 Å². The Morgan fingerprint density at radius 2 is 2.05 bits per heavy atom. The van der Waals surface area contributed by atoms with Crippen molar-refractivity contribution in [1.29, 1.82) is 0 Å². The van der Waals surface area contributed by atoms with Gasteiger partial charge in [-0.05, 0) is 31.6 Å². The van der Waals surface area contributed by atoms with Crippen LogP contribution in [0.25, 0.3) is 0 Å². The lowest BCUT2D eigenvalue weighted by atomic mass is 9.93. The number of hydrogen-bond donors (Lipinski definition) is 2. The first-order chi connectivity index (χ1) is 9.04. The monoisotopic (exact) mass is 263 g/mol. The molecule has 1 saturated heterocycles. The highest BCUT2D eigenvalue weighted by Gasteiger charge is 2.27. The van der Waals surface area contributed by atoms with Crippen LogP contribution in [0.1, 0.15) is 52.0 Å². The van der Waals surface area contributed by atoms with Gasteiger partial charge in [0.2, 0.25) is 0 Å². The second kappa shape index (κ2) is 5.74. The number of rotatable bonds is 3. The van der Waals surface area contributed by atoms with Crippen molar-refractivity contribution in [3.63, 3.8) is 0 Å². The number of hydrazine groups is 1. The second-order valence-electron chi connectivity index (χ2n) is 5.94. The molecule has 3 N–H and O–H groups in total. The van der Waals surface area contributed by atoms with E-state index < -0.39 is 0 Å². The van der Waals surface area contributed by atoms with Crippen LogP contribution in [0.15, 0.2) is 6.33 Å². The molecule has 2 atom stereocenters. The fraction of sp³-hybridized carbons (Fsp3) is 0.714. The summed E-state index contributed by atoms with van der Waals surface area (Å²) in [6.45, 7) is 9.94. The van der Waals surface area contributed by atoms with Gasteiger partial charge in [-0.3, -0.25) is 0 Å². The van der Waals surface area contributed by atoms with Gasteiger partial charge in [0, 0.05) is 18.2 Å². The molecular formula is C14H25N5. The van der Waals surface area contributed by atoms with Crippen LogP contribution in [0.5, 0.6) is 0 Å². The minimum Gasteiger partial charge on any atom is -0.353 e. The molecule has 1 aliphatic rings. The summed E-state index contributed by atoms with van der Waals surface area (Å²) in [5.74, 6) is 8.42. The van der Waals surface area contributed by atoms with E-state index in [1.165, 1.54) is 12.8 Å². The molecule has 2 unspecified atom stereocenters. The summed E-state index contributed by atoms with van der Waals surface area (Å²) in [5, 5.41) is 0. The lowest BCUT2D eigenvalue weighted by Crippen LogP contribution is -2.42. The number of nitrogens with two attached hydrogens (primary N) is 1. The molecule has 0 saturated carbocycles. The Hall–Kier alpha value is -1.36. The van der Waals surface area contributed by atoms with Crippen molar-refractivity contribution in [3.8, 4) is 0 Å². The highest BCUT2D eigenvalue weighted by atomic mass is 15.3. The lowest BCUT2D eigenvalue weighted by Gasteiger charge is -2.39. The van der Waals surface area contributed by atoms with Crippen LogP contribution in [0.2, 0.25) is 0 Å². The molecule has 0 spiro atoms. The molecule has 1 aliphatic heterocycles. The molecule has 0 bridgehead atoms. The van der Waals surface area contributed by atoms with Crippen molar-refractivity contribution in [1.82, 2.24) is 9.97 Å². The minimum absolute atomic E-state index is 0.340. The molecule has 0 amide bonds. The Balaban J connectivity index is 2.43. The fourth-order valence-corrected chi connectivity index (χ4v) is 2.85. The Labute approximate surface area is 115 Å². The summed E-state index contributed by atoms with van der Waals surface area (Å²) in [7, 11) is 0. The van der Waals surface area contributed by atoms with Gasteiger partial charge < -0.3 is 10.3 Å². The normalized spacial score (nSPS) is 23.8. The maximum atomic E-state index is 5.59. The Morgan fingerprint density at radius 3 is 2.68 bits per heavy atom. The van der Waals surface area contributed by atoms with Crippen LogP contribution in [0, 0.1) is 5.92 Å². The van der Waals surface area contributed by atoms with Crippen molar-refractivity contribution >= 4 is 11.6 Å². The van der Waals surface area contributed by atoms with Crippen LogP contribution in [0.3, 0.4) is 0 Å². The molecule has 2 rings (SSSR count). The summed E-state index contributed by atoms with van der Waals surface area (Å²) in [6, 6.07) is 0.522. The predicted octanol–water partition coefficient (Wildman–Crippen LogP) is 2.51. The van der Waals surface area contributed by atoms with Crippen molar-refractivity contribution in [2.75, 3.05) is 16.9 Å². The largest absolute Gasteiger partial charge is 0.353 e. The zero-order valence-electron chi connectivity index (χ0n) is 12.3. The summed E-state index contributed by atoms with van der Waals surface area (Å²) >= 11 is 0. The molecule has 1 fully saturated rings. The average molecular weight is 263 g/mol. The van der Waals surface area contributed by atoms with Gasteiger partial charge in [-0.2, -0.15) is 0 Å². The molecule has 5 heteroatoms. The van der Waals surface area contributed by atoms with E-state index in [0.717, 1.165) is 23.7 Å². The number of aromatic nitrogens is 2. The standard InChI is InChI=1S/C14H25N5/c1-9(2)12-13(18-15)16-8-17-14(12)19-7-10(3)5-6-11(19)4/h8-11H,5-7,15H2,1-4H3,(H,16,17,18). The maximum Gasteiger partial charge on any atom is 0.148 e. The highest BCUT2D eigenvalue weighted by molar-refractivity contribution is 5.60. The van der Waals surface area contributed by atoms with Gasteiger partial charge in [0.1, 0.15) is 18.0 Å². The molecule has 0 aromatic carbocycles. The van der Waals surface area contributed by atoms with E-state index in [4.69, 9.17) is 5.84 Å². The van der Waals surface area contributed by atoms with E-state index in [1.807, 2.05) is 0 Å². The first kappa shape index (κ1) is 14.1. The van der Waals surface area contributed by atoms with Gasteiger partial charge >= 0.3 is 0 Å². The summed E-state index contributed by atoms with van der Waals surface area (Å²) in [4.78, 5) is 11.2. The minimum atomic E-state index is 0.340. The number of anilines is 2. The lowest BCUT2D eigenvalue weighted by molar-refractivity contribution is 0.387. The third-order valence-electron chi connectivity index (χ3n) is 3.97. The van der Waals surface area contributed by atoms with E-state index >= 15 is 0 Å². The van der Waals surface area contributed by atoms with Gasteiger partial charge in [-0.15, -0.1) is 0 Å². The summed E-state index contributed by atoms with van der Waals surface area (Å²) < 4.78 is 0.